The molecule has 1 heterocycles. The average molecular weight is 413 g/mol. The van der Waals surface area contributed by atoms with Crippen molar-refractivity contribution >= 4 is 46.8 Å². The zero-order valence-corrected chi connectivity index (χ0v) is 16.9. The van der Waals surface area contributed by atoms with Crippen LogP contribution in [-0.4, -0.2) is 41.5 Å². The van der Waals surface area contributed by atoms with Crippen LogP contribution >= 0.6 is 34.9 Å². The van der Waals surface area contributed by atoms with Crippen molar-refractivity contribution in [1.29, 1.82) is 0 Å². The smallest absolute Gasteiger partial charge is 0.321 e. The maximum atomic E-state index is 11.7. The highest BCUT2D eigenvalue weighted by Gasteiger charge is 2.11. The summed E-state index contributed by atoms with van der Waals surface area (Å²) in [7, 11) is 1.64. The van der Waals surface area contributed by atoms with Gasteiger partial charge in [0.05, 0.1) is 12.9 Å². The molecule has 2 aromatic rings. The molecule has 0 aliphatic rings. The van der Waals surface area contributed by atoms with Gasteiger partial charge in [0.15, 0.2) is 8.68 Å². The molecule has 7 nitrogen and oxygen atoms in total. The molecule has 10 heteroatoms. The van der Waals surface area contributed by atoms with Gasteiger partial charge in [0, 0.05) is 12.3 Å². The van der Waals surface area contributed by atoms with Crippen molar-refractivity contribution in [3.8, 4) is 5.75 Å². The molecule has 0 saturated heterocycles. The summed E-state index contributed by atoms with van der Waals surface area (Å²) >= 11 is 4.29. The summed E-state index contributed by atoms with van der Waals surface area (Å²) in [5.74, 6) is 1.37. The van der Waals surface area contributed by atoms with Gasteiger partial charge in [0.1, 0.15) is 5.75 Å². The van der Waals surface area contributed by atoms with Crippen LogP contribution in [0.25, 0.3) is 0 Å². The van der Waals surface area contributed by atoms with E-state index in [1.165, 1.54) is 23.1 Å². The number of hydrogen-bond donors (Lipinski definition) is 2. The van der Waals surface area contributed by atoms with Crippen LogP contribution in [0.2, 0.25) is 0 Å². The summed E-state index contributed by atoms with van der Waals surface area (Å²) in [6.45, 7) is 2.48. The Kier molecular flexibility index (Phi) is 8.72. The van der Waals surface area contributed by atoms with Gasteiger partial charge in [0.25, 0.3) is 0 Å². The van der Waals surface area contributed by atoms with E-state index in [2.05, 4.69) is 20.8 Å². The number of methoxy groups -OCH3 is 1. The summed E-state index contributed by atoms with van der Waals surface area (Å²) in [6.07, 6.45) is 0.818. The lowest BCUT2D eigenvalue weighted by molar-refractivity contribution is -0.117. The van der Waals surface area contributed by atoms with Crippen LogP contribution in [-0.2, 0) is 10.5 Å². The van der Waals surface area contributed by atoms with Crippen molar-refractivity contribution in [2.75, 3.05) is 19.4 Å². The van der Waals surface area contributed by atoms with Gasteiger partial charge < -0.3 is 10.1 Å². The van der Waals surface area contributed by atoms with Crippen molar-refractivity contribution in [2.45, 2.75) is 27.8 Å². The summed E-state index contributed by atoms with van der Waals surface area (Å²) in [5.41, 5.74) is 1.16. The standard InChI is InChI=1S/C16H20N4O3S3/c1-3-8-17-14(22)18-13(21)10-25-16-20-19-15(26-16)24-9-11-4-6-12(23-2)7-5-11/h4-7H,3,8-10H2,1-2H3,(H2,17,18,21,22). The lowest BCUT2D eigenvalue weighted by Gasteiger charge is -2.04. The molecule has 0 fully saturated rings. The summed E-state index contributed by atoms with van der Waals surface area (Å²) in [4.78, 5) is 23.1. The van der Waals surface area contributed by atoms with E-state index in [0.29, 0.717) is 10.9 Å². The highest BCUT2D eigenvalue weighted by Crippen LogP contribution is 2.30. The molecular weight excluding hydrogens is 392 g/mol. The van der Waals surface area contributed by atoms with E-state index in [1.807, 2.05) is 31.2 Å². The Morgan fingerprint density at radius 1 is 1.15 bits per heavy atom. The Labute approximate surface area is 164 Å². The molecule has 0 radical (unpaired) electrons. The van der Waals surface area contributed by atoms with E-state index in [4.69, 9.17) is 4.74 Å². The molecule has 26 heavy (non-hydrogen) atoms. The number of carbonyl (C=O) groups excluding carboxylic acids is 2. The third-order valence-corrected chi connectivity index (χ3v) is 6.29. The van der Waals surface area contributed by atoms with Gasteiger partial charge in [-0.05, 0) is 24.1 Å². The maximum absolute atomic E-state index is 11.7. The first kappa shape index (κ1) is 20.5. The Bertz CT molecular complexity index is 722. The number of hydrogen-bond acceptors (Lipinski definition) is 8. The molecule has 2 N–H and O–H groups in total. The third-order valence-electron chi connectivity index (χ3n) is 3.02. The lowest BCUT2D eigenvalue weighted by Crippen LogP contribution is -2.40. The van der Waals surface area contributed by atoms with E-state index in [9.17, 15) is 9.59 Å². The minimum atomic E-state index is -0.467. The van der Waals surface area contributed by atoms with Crippen LogP contribution in [0, 0.1) is 0 Å². The van der Waals surface area contributed by atoms with Gasteiger partial charge in [-0.1, -0.05) is 53.9 Å². The molecule has 0 unspecified atom stereocenters. The van der Waals surface area contributed by atoms with Crippen molar-refractivity contribution in [3.63, 3.8) is 0 Å². The highest BCUT2D eigenvalue weighted by atomic mass is 32.2. The third kappa shape index (κ3) is 7.22. The molecule has 0 aliphatic heterocycles. The molecule has 1 aromatic carbocycles. The molecule has 0 bridgehead atoms. The average Bonchev–Trinajstić information content (AvgIpc) is 3.11. The van der Waals surface area contributed by atoms with Gasteiger partial charge in [-0.15, -0.1) is 10.2 Å². The number of rotatable bonds is 9. The lowest BCUT2D eigenvalue weighted by atomic mass is 10.2. The van der Waals surface area contributed by atoms with E-state index in [1.54, 1.807) is 18.9 Å². The molecule has 2 rings (SSSR count). The Morgan fingerprint density at radius 3 is 2.50 bits per heavy atom. The minimum Gasteiger partial charge on any atom is -0.497 e. The van der Waals surface area contributed by atoms with Crippen molar-refractivity contribution in [1.82, 2.24) is 20.8 Å². The van der Waals surface area contributed by atoms with Crippen LogP contribution in [0.4, 0.5) is 4.79 Å². The fourth-order valence-electron chi connectivity index (χ4n) is 1.75. The number of ether oxygens (including phenoxy) is 1. The number of thioether (sulfide) groups is 2. The second kappa shape index (κ2) is 11.0. The van der Waals surface area contributed by atoms with Gasteiger partial charge in [-0.2, -0.15) is 0 Å². The largest absolute Gasteiger partial charge is 0.497 e. The number of amides is 3. The minimum absolute atomic E-state index is 0.122. The number of nitrogens with one attached hydrogen (secondary N) is 2. The predicted molar refractivity (Wildman–Crippen MR) is 105 cm³/mol. The van der Waals surface area contributed by atoms with Gasteiger partial charge in [0.2, 0.25) is 5.91 Å². The van der Waals surface area contributed by atoms with Crippen LogP contribution in [0.3, 0.4) is 0 Å². The number of aromatic nitrogens is 2. The zero-order chi connectivity index (χ0) is 18.8. The predicted octanol–water partition coefficient (Wildman–Crippen LogP) is 3.17. The van der Waals surface area contributed by atoms with Crippen LogP contribution in [0.15, 0.2) is 32.9 Å². The van der Waals surface area contributed by atoms with Crippen LogP contribution in [0.1, 0.15) is 18.9 Å². The number of imide groups is 1. The second-order valence-electron chi connectivity index (χ2n) is 5.06. The second-order valence-corrected chi connectivity index (χ2v) is 8.49. The highest BCUT2D eigenvalue weighted by molar-refractivity contribution is 8.03. The molecule has 0 atom stereocenters. The Morgan fingerprint density at radius 2 is 1.85 bits per heavy atom. The SMILES string of the molecule is CCCNC(=O)NC(=O)CSc1nnc(SCc2ccc(OC)cc2)s1. The van der Waals surface area contributed by atoms with E-state index < -0.39 is 6.03 Å². The molecule has 1 aromatic heterocycles. The molecule has 3 amide bonds. The Balaban J connectivity index is 1.73. The molecule has 0 aliphatic carbocycles. The fourth-order valence-corrected chi connectivity index (χ4v) is 4.53. The number of nitrogens with zero attached hydrogens (tertiary/aromatic N) is 2. The quantitative estimate of drug-likeness (QED) is 0.611. The van der Waals surface area contributed by atoms with Gasteiger partial charge in [-0.3, -0.25) is 10.1 Å². The maximum Gasteiger partial charge on any atom is 0.321 e. The monoisotopic (exact) mass is 412 g/mol. The summed E-state index contributed by atoms with van der Waals surface area (Å²) in [5, 5.41) is 13.1. The first-order chi connectivity index (χ1) is 12.6. The molecule has 0 saturated carbocycles. The normalized spacial score (nSPS) is 10.4. The van der Waals surface area contributed by atoms with Gasteiger partial charge in [-0.25, -0.2) is 4.79 Å². The van der Waals surface area contributed by atoms with E-state index in [0.717, 1.165) is 27.8 Å². The van der Waals surface area contributed by atoms with Crippen molar-refractivity contribution < 1.29 is 14.3 Å². The topological polar surface area (TPSA) is 93.2 Å². The van der Waals surface area contributed by atoms with Gasteiger partial charge >= 0.3 is 6.03 Å². The van der Waals surface area contributed by atoms with Crippen molar-refractivity contribution in [3.05, 3.63) is 29.8 Å². The van der Waals surface area contributed by atoms with Crippen LogP contribution in [0.5, 0.6) is 5.75 Å². The fraction of sp³-hybridized carbons (Fsp3) is 0.375. The molecule has 0 spiro atoms. The summed E-state index contributed by atoms with van der Waals surface area (Å²) < 4.78 is 6.67. The van der Waals surface area contributed by atoms with Crippen molar-refractivity contribution in [2.24, 2.45) is 0 Å². The molecule has 140 valence electrons. The Hall–Kier alpha value is -1.78. The number of carbonyl (C=O) groups is 2. The zero-order valence-electron chi connectivity index (χ0n) is 14.5. The number of benzene rings is 1. The molecular formula is C16H20N4O3S3. The number of urea groups is 1. The summed E-state index contributed by atoms with van der Waals surface area (Å²) in [6, 6.07) is 7.40. The van der Waals surface area contributed by atoms with E-state index in [-0.39, 0.29) is 11.7 Å². The van der Waals surface area contributed by atoms with E-state index >= 15 is 0 Å². The first-order valence-corrected chi connectivity index (χ1v) is 10.7. The first-order valence-electron chi connectivity index (χ1n) is 7.90. The van der Waals surface area contributed by atoms with Crippen LogP contribution < -0.4 is 15.4 Å².